The lowest BCUT2D eigenvalue weighted by molar-refractivity contribution is 0.0574. The number of rotatable bonds is 3. The molecule has 1 fully saturated rings. The summed E-state index contributed by atoms with van der Waals surface area (Å²) in [6.45, 7) is 6.64. The zero-order valence-corrected chi connectivity index (χ0v) is 14.3. The maximum atomic E-state index is 9.68. The van der Waals surface area contributed by atoms with Crippen molar-refractivity contribution in [3.8, 4) is 6.07 Å². The molecular formula is C17H22Cl2N2. The summed E-state index contributed by atoms with van der Waals surface area (Å²) in [5, 5.41) is 10.9. The van der Waals surface area contributed by atoms with Crippen LogP contribution in [0.4, 0.5) is 0 Å². The van der Waals surface area contributed by atoms with Gasteiger partial charge in [0.25, 0.3) is 0 Å². The topological polar surface area (TPSA) is 27.0 Å². The fourth-order valence-corrected chi connectivity index (χ4v) is 4.13. The van der Waals surface area contributed by atoms with E-state index in [2.05, 4.69) is 31.7 Å². The third-order valence-corrected chi connectivity index (χ3v) is 5.21. The Morgan fingerprint density at radius 3 is 2.38 bits per heavy atom. The van der Waals surface area contributed by atoms with Gasteiger partial charge < -0.3 is 0 Å². The van der Waals surface area contributed by atoms with Crippen LogP contribution >= 0.6 is 23.2 Å². The number of halogens is 2. The highest BCUT2D eigenvalue weighted by Crippen LogP contribution is 2.35. The maximum Gasteiger partial charge on any atom is 0.0879 e. The maximum absolute atomic E-state index is 9.68. The summed E-state index contributed by atoms with van der Waals surface area (Å²) >= 11 is 12.3. The van der Waals surface area contributed by atoms with Gasteiger partial charge in [-0.2, -0.15) is 5.26 Å². The van der Waals surface area contributed by atoms with Crippen molar-refractivity contribution in [1.82, 2.24) is 4.90 Å². The minimum Gasteiger partial charge on any atom is -0.294 e. The van der Waals surface area contributed by atoms with E-state index < -0.39 is 0 Å². The summed E-state index contributed by atoms with van der Waals surface area (Å²) in [4.78, 5) is 2.47. The molecule has 1 aromatic carbocycles. The van der Waals surface area contributed by atoms with Gasteiger partial charge in [-0.15, -0.1) is 0 Å². The molecule has 1 aliphatic rings. The predicted molar refractivity (Wildman–Crippen MR) is 88.9 cm³/mol. The van der Waals surface area contributed by atoms with Crippen molar-refractivity contribution in [2.45, 2.75) is 64.1 Å². The summed E-state index contributed by atoms with van der Waals surface area (Å²) in [6, 6.07) is 9.01. The zero-order chi connectivity index (χ0) is 15.6. The SMILES string of the molecule is CC1CCCC(C)N1C(C)C(C#N)c1ccc(Cl)cc1Cl. The van der Waals surface area contributed by atoms with Crippen molar-refractivity contribution >= 4 is 23.2 Å². The molecule has 0 aliphatic carbocycles. The molecule has 0 saturated carbocycles. The van der Waals surface area contributed by atoms with Crippen LogP contribution in [0.3, 0.4) is 0 Å². The van der Waals surface area contributed by atoms with Crippen LogP contribution in [0.1, 0.15) is 51.5 Å². The summed E-state index contributed by atoms with van der Waals surface area (Å²) in [7, 11) is 0. The lowest BCUT2D eigenvalue weighted by atomic mass is 9.87. The van der Waals surface area contributed by atoms with E-state index in [1.54, 1.807) is 6.07 Å². The molecule has 0 radical (unpaired) electrons. The van der Waals surface area contributed by atoms with E-state index in [-0.39, 0.29) is 12.0 Å². The van der Waals surface area contributed by atoms with E-state index in [1.807, 2.05) is 12.1 Å². The Kier molecular flexibility index (Phi) is 5.54. The van der Waals surface area contributed by atoms with Gasteiger partial charge >= 0.3 is 0 Å². The lowest BCUT2D eigenvalue weighted by Crippen LogP contribution is -2.50. The molecule has 4 atom stereocenters. The summed E-state index contributed by atoms with van der Waals surface area (Å²) in [5.74, 6) is -0.238. The number of hydrogen-bond acceptors (Lipinski definition) is 2. The van der Waals surface area contributed by atoms with Gasteiger partial charge in [-0.3, -0.25) is 4.90 Å². The molecule has 1 aromatic rings. The van der Waals surface area contributed by atoms with Crippen LogP contribution in [0.2, 0.25) is 10.0 Å². The molecule has 21 heavy (non-hydrogen) atoms. The van der Waals surface area contributed by atoms with Crippen molar-refractivity contribution in [3.05, 3.63) is 33.8 Å². The molecule has 2 nitrogen and oxygen atoms in total. The van der Waals surface area contributed by atoms with E-state index in [0.29, 0.717) is 22.1 Å². The Hall–Kier alpha value is -0.750. The van der Waals surface area contributed by atoms with Crippen molar-refractivity contribution in [2.75, 3.05) is 0 Å². The first-order chi connectivity index (χ1) is 9.95. The van der Waals surface area contributed by atoms with Crippen LogP contribution < -0.4 is 0 Å². The van der Waals surface area contributed by atoms with Crippen LogP contribution in [0, 0.1) is 11.3 Å². The van der Waals surface area contributed by atoms with Gasteiger partial charge in [-0.25, -0.2) is 0 Å². The van der Waals surface area contributed by atoms with Crippen molar-refractivity contribution in [3.63, 3.8) is 0 Å². The average molecular weight is 325 g/mol. The van der Waals surface area contributed by atoms with Crippen molar-refractivity contribution in [1.29, 1.82) is 5.26 Å². The van der Waals surface area contributed by atoms with Gasteiger partial charge in [-0.1, -0.05) is 35.7 Å². The summed E-state index contributed by atoms with van der Waals surface area (Å²) in [6.07, 6.45) is 3.66. The molecule has 4 unspecified atom stereocenters. The number of hydrogen-bond donors (Lipinski definition) is 0. The summed E-state index contributed by atoms with van der Waals surface area (Å²) < 4.78 is 0. The van der Waals surface area contributed by atoms with E-state index in [4.69, 9.17) is 23.2 Å². The highest BCUT2D eigenvalue weighted by Gasteiger charge is 2.34. The smallest absolute Gasteiger partial charge is 0.0879 e. The van der Waals surface area contributed by atoms with Crippen LogP contribution in [-0.4, -0.2) is 23.0 Å². The first kappa shape index (κ1) is 16.6. The molecule has 2 rings (SSSR count). The second kappa shape index (κ2) is 7.01. The standard InChI is InChI=1S/C17H22Cl2N2/c1-11-5-4-6-12(2)21(11)13(3)16(10-20)15-8-7-14(18)9-17(15)19/h7-9,11-13,16H,4-6H2,1-3H3. The number of benzene rings is 1. The normalized spacial score (nSPS) is 26.1. The minimum atomic E-state index is -0.238. The third-order valence-electron chi connectivity index (χ3n) is 4.65. The van der Waals surface area contributed by atoms with E-state index in [0.717, 1.165) is 5.56 Å². The fraction of sp³-hybridized carbons (Fsp3) is 0.588. The Bertz CT molecular complexity index is 528. The Labute approximate surface area is 137 Å². The molecule has 1 saturated heterocycles. The quantitative estimate of drug-likeness (QED) is 0.759. The number of piperidine rings is 1. The highest BCUT2D eigenvalue weighted by atomic mass is 35.5. The monoisotopic (exact) mass is 324 g/mol. The molecule has 0 bridgehead atoms. The van der Waals surface area contributed by atoms with E-state index in [1.165, 1.54) is 19.3 Å². The second-order valence-electron chi connectivity index (χ2n) is 6.09. The van der Waals surface area contributed by atoms with Crippen LogP contribution in [0.25, 0.3) is 0 Å². The molecular weight excluding hydrogens is 303 g/mol. The van der Waals surface area contributed by atoms with Gasteiger partial charge in [0, 0.05) is 28.2 Å². The molecule has 0 spiro atoms. The fourth-order valence-electron chi connectivity index (χ4n) is 3.61. The first-order valence-corrected chi connectivity index (χ1v) is 8.33. The van der Waals surface area contributed by atoms with Gasteiger partial charge in [0.1, 0.15) is 0 Å². The van der Waals surface area contributed by atoms with Gasteiger partial charge in [0.2, 0.25) is 0 Å². The third kappa shape index (κ3) is 3.54. The Morgan fingerprint density at radius 2 is 1.86 bits per heavy atom. The predicted octanol–water partition coefficient (Wildman–Crippen LogP) is 5.25. The van der Waals surface area contributed by atoms with Crippen molar-refractivity contribution in [2.24, 2.45) is 0 Å². The first-order valence-electron chi connectivity index (χ1n) is 7.57. The molecule has 0 aromatic heterocycles. The molecule has 0 N–H and O–H groups in total. The highest BCUT2D eigenvalue weighted by molar-refractivity contribution is 6.35. The molecule has 0 amide bonds. The molecule has 4 heteroatoms. The number of nitriles is 1. The van der Waals surface area contributed by atoms with Gasteiger partial charge in [0.15, 0.2) is 0 Å². The molecule has 1 heterocycles. The van der Waals surface area contributed by atoms with Crippen LogP contribution in [0.15, 0.2) is 18.2 Å². The van der Waals surface area contributed by atoms with E-state index >= 15 is 0 Å². The van der Waals surface area contributed by atoms with Crippen LogP contribution in [0.5, 0.6) is 0 Å². The van der Waals surface area contributed by atoms with Crippen molar-refractivity contribution < 1.29 is 0 Å². The average Bonchev–Trinajstić information content (AvgIpc) is 2.41. The second-order valence-corrected chi connectivity index (χ2v) is 6.93. The van der Waals surface area contributed by atoms with Gasteiger partial charge in [-0.05, 0) is 51.3 Å². The Morgan fingerprint density at radius 1 is 1.24 bits per heavy atom. The summed E-state index contributed by atoms with van der Waals surface area (Å²) in [5.41, 5.74) is 0.876. The zero-order valence-electron chi connectivity index (χ0n) is 12.8. The largest absolute Gasteiger partial charge is 0.294 e. The molecule has 114 valence electrons. The van der Waals surface area contributed by atoms with Crippen LogP contribution in [-0.2, 0) is 0 Å². The minimum absolute atomic E-state index is 0.138. The number of nitrogens with zero attached hydrogens (tertiary/aromatic N) is 2. The van der Waals surface area contributed by atoms with Gasteiger partial charge in [0.05, 0.1) is 12.0 Å². The Balaban J connectivity index is 2.30. The lowest BCUT2D eigenvalue weighted by Gasteiger charge is -2.44. The van der Waals surface area contributed by atoms with E-state index in [9.17, 15) is 5.26 Å². The molecule has 1 aliphatic heterocycles. The number of likely N-dealkylation sites (tertiary alicyclic amines) is 1.